The molecule has 0 fully saturated rings. The highest BCUT2D eigenvalue weighted by Crippen LogP contribution is 2.22. The average molecular weight is 299 g/mol. The largest absolute Gasteiger partial charge is 0.393 e. The van der Waals surface area contributed by atoms with Gasteiger partial charge in [0.15, 0.2) is 0 Å². The van der Waals surface area contributed by atoms with Crippen LogP contribution in [0.4, 0.5) is 4.39 Å². The molecule has 1 nitrogen and oxygen atoms in total. The number of benzene rings is 1. The number of thiophene rings is 1. The van der Waals surface area contributed by atoms with Crippen LogP contribution in [-0.4, -0.2) is 11.2 Å². The second-order valence-corrected chi connectivity index (χ2v) is 5.97. The monoisotopic (exact) mass is 298 g/mol. The normalized spacial score (nSPS) is 12.6. The summed E-state index contributed by atoms with van der Waals surface area (Å²) in [7, 11) is 0. The van der Waals surface area contributed by atoms with Gasteiger partial charge in [-0.2, -0.15) is 0 Å². The SMILES string of the molecule is OC(CCCc1cccs1)Cc1c(F)cccc1Cl. The highest BCUT2D eigenvalue weighted by Gasteiger charge is 2.12. The van der Waals surface area contributed by atoms with Crippen LogP contribution in [0.25, 0.3) is 0 Å². The first-order valence-electron chi connectivity index (χ1n) is 6.30. The van der Waals surface area contributed by atoms with E-state index in [0.29, 0.717) is 17.0 Å². The first-order chi connectivity index (χ1) is 9.16. The van der Waals surface area contributed by atoms with E-state index in [1.165, 1.54) is 10.9 Å². The number of hydrogen-bond acceptors (Lipinski definition) is 2. The summed E-state index contributed by atoms with van der Waals surface area (Å²) in [5.41, 5.74) is 0.410. The van der Waals surface area contributed by atoms with Gasteiger partial charge in [0.2, 0.25) is 0 Å². The highest BCUT2D eigenvalue weighted by atomic mass is 35.5. The smallest absolute Gasteiger partial charge is 0.127 e. The van der Waals surface area contributed by atoms with E-state index in [9.17, 15) is 9.50 Å². The lowest BCUT2D eigenvalue weighted by Gasteiger charge is -2.12. The molecule has 0 saturated carbocycles. The summed E-state index contributed by atoms with van der Waals surface area (Å²) in [5, 5.41) is 12.4. The molecule has 1 heterocycles. The van der Waals surface area contributed by atoms with E-state index < -0.39 is 6.10 Å². The number of rotatable bonds is 6. The summed E-state index contributed by atoms with van der Waals surface area (Å²) >= 11 is 7.66. The van der Waals surface area contributed by atoms with E-state index in [1.54, 1.807) is 23.5 Å². The Balaban J connectivity index is 1.82. The summed E-state index contributed by atoms with van der Waals surface area (Å²) in [5.74, 6) is -0.343. The molecule has 1 unspecified atom stereocenters. The van der Waals surface area contributed by atoms with Crippen molar-refractivity contribution in [1.82, 2.24) is 0 Å². The Morgan fingerprint density at radius 3 is 2.79 bits per heavy atom. The van der Waals surface area contributed by atoms with Crippen molar-refractivity contribution in [3.63, 3.8) is 0 Å². The molecule has 0 aliphatic heterocycles. The molecule has 1 atom stereocenters. The number of hydrogen-bond donors (Lipinski definition) is 1. The first-order valence-corrected chi connectivity index (χ1v) is 7.56. The molecule has 1 aromatic carbocycles. The van der Waals surface area contributed by atoms with Crippen molar-refractivity contribution < 1.29 is 9.50 Å². The first kappa shape index (κ1) is 14.5. The molecule has 4 heteroatoms. The standard InChI is InChI=1S/C15H16ClFOS/c16-14-7-2-8-15(17)13(14)10-11(18)4-1-5-12-6-3-9-19-12/h2-3,6-9,11,18H,1,4-5,10H2. The van der Waals surface area contributed by atoms with Gasteiger partial charge in [-0.25, -0.2) is 4.39 Å². The number of aryl methyl sites for hydroxylation is 1. The highest BCUT2D eigenvalue weighted by molar-refractivity contribution is 7.09. The van der Waals surface area contributed by atoms with Crippen LogP contribution < -0.4 is 0 Å². The number of aliphatic hydroxyl groups is 1. The van der Waals surface area contributed by atoms with Gasteiger partial charge in [0, 0.05) is 21.9 Å². The molecule has 0 aliphatic rings. The average Bonchev–Trinajstić information content (AvgIpc) is 2.87. The van der Waals surface area contributed by atoms with Crippen molar-refractivity contribution in [1.29, 1.82) is 0 Å². The van der Waals surface area contributed by atoms with Gasteiger partial charge in [0.25, 0.3) is 0 Å². The molecule has 2 aromatic rings. The van der Waals surface area contributed by atoms with E-state index in [2.05, 4.69) is 6.07 Å². The van der Waals surface area contributed by atoms with Crippen LogP contribution in [0.1, 0.15) is 23.3 Å². The van der Waals surface area contributed by atoms with Crippen molar-refractivity contribution in [2.24, 2.45) is 0 Å². The van der Waals surface area contributed by atoms with Crippen LogP contribution in [0.2, 0.25) is 5.02 Å². The molecule has 0 radical (unpaired) electrons. The maximum absolute atomic E-state index is 13.6. The second kappa shape index (κ2) is 7.04. The van der Waals surface area contributed by atoms with Crippen LogP contribution in [0.15, 0.2) is 35.7 Å². The van der Waals surface area contributed by atoms with Crippen LogP contribution in [0, 0.1) is 5.82 Å². The predicted octanol–water partition coefficient (Wildman–Crippen LogP) is 4.47. The molecule has 0 amide bonds. The summed E-state index contributed by atoms with van der Waals surface area (Å²) in [6.45, 7) is 0. The summed E-state index contributed by atoms with van der Waals surface area (Å²) in [6, 6.07) is 8.71. The molecule has 19 heavy (non-hydrogen) atoms. The zero-order valence-corrected chi connectivity index (χ0v) is 12.1. The molecule has 0 aliphatic carbocycles. The minimum atomic E-state index is -0.547. The Bertz CT molecular complexity index is 493. The van der Waals surface area contributed by atoms with Gasteiger partial charge in [-0.05, 0) is 42.8 Å². The molecule has 0 bridgehead atoms. The molecule has 2 rings (SSSR count). The van der Waals surface area contributed by atoms with Crippen molar-refractivity contribution in [2.75, 3.05) is 0 Å². The number of aliphatic hydroxyl groups excluding tert-OH is 1. The van der Waals surface area contributed by atoms with Crippen molar-refractivity contribution >= 4 is 22.9 Å². The minimum Gasteiger partial charge on any atom is -0.393 e. The van der Waals surface area contributed by atoms with E-state index in [0.717, 1.165) is 12.8 Å². The molecular formula is C15H16ClFOS. The molecule has 0 spiro atoms. The Hall–Kier alpha value is -0.900. The lowest BCUT2D eigenvalue weighted by atomic mass is 10.0. The maximum atomic E-state index is 13.6. The van der Waals surface area contributed by atoms with Crippen LogP contribution in [-0.2, 0) is 12.8 Å². The fourth-order valence-electron chi connectivity index (χ4n) is 2.03. The van der Waals surface area contributed by atoms with Gasteiger partial charge in [-0.3, -0.25) is 0 Å². The van der Waals surface area contributed by atoms with E-state index in [4.69, 9.17) is 11.6 Å². The van der Waals surface area contributed by atoms with Crippen LogP contribution >= 0.6 is 22.9 Å². The van der Waals surface area contributed by atoms with Gasteiger partial charge < -0.3 is 5.11 Å². The quantitative estimate of drug-likeness (QED) is 0.834. The third-order valence-electron chi connectivity index (χ3n) is 3.04. The van der Waals surface area contributed by atoms with Crippen molar-refractivity contribution in [2.45, 2.75) is 31.8 Å². The Morgan fingerprint density at radius 1 is 1.26 bits per heavy atom. The van der Waals surface area contributed by atoms with Crippen LogP contribution in [0.3, 0.4) is 0 Å². The van der Waals surface area contributed by atoms with Gasteiger partial charge in [0.1, 0.15) is 5.82 Å². The van der Waals surface area contributed by atoms with Gasteiger partial charge in [0.05, 0.1) is 6.10 Å². The van der Waals surface area contributed by atoms with Crippen LogP contribution in [0.5, 0.6) is 0 Å². The fraction of sp³-hybridized carbons (Fsp3) is 0.333. The summed E-state index contributed by atoms with van der Waals surface area (Å²) < 4.78 is 13.6. The third-order valence-corrected chi connectivity index (χ3v) is 4.33. The topological polar surface area (TPSA) is 20.2 Å². The van der Waals surface area contributed by atoms with E-state index >= 15 is 0 Å². The Morgan fingerprint density at radius 2 is 2.11 bits per heavy atom. The van der Waals surface area contributed by atoms with Gasteiger partial charge in [-0.1, -0.05) is 23.7 Å². The molecular weight excluding hydrogens is 283 g/mol. The van der Waals surface area contributed by atoms with Crippen molar-refractivity contribution in [3.05, 3.63) is 57.0 Å². The zero-order chi connectivity index (χ0) is 13.7. The van der Waals surface area contributed by atoms with E-state index in [1.807, 2.05) is 11.4 Å². The van der Waals surface area contributed by atoms with E-state index in [-0.39, 0.29) is 12.2 Å². The third kappa shape index (κ3) is 4.30. The predicted molar refractivity (Wildman–Crippen MR) is 78.4 cm³/mol. The Kier molecular flexibility index (Phi) is 5.37. The fourth-order valence-corrected chi connectivity index (χ4v) is 3.02. The molecule has 1 aromatic heterocycles. The molecule has 1 N–H and O–H groups in total. The second-order valence-electron chi connectivity index (χ2n) is 4.53. The van der Waals surface area contributed by atoms with Gasteiger partial charge in [-0.15, -0.1) is 11.3 Å². The van der Waals surface area contributed by atoms with Crippen molar-refractivity contribution in [3.8, 4) is 0 Å². The lowest BCUT2D eigenvalue weighted by Crippen LogP contribution is -2.12. The molecule has 0 saturated heterocycles. The zero-order valence-electron chi connectivity index (χ0n) is 10.5. The number of halogens is 2. The van der Waals surface area contributed by atoms with Gasteiger partial charge >= 0.3 is 0 Å². The summed E-state index contributed by atoms with van der Waals surface area (Å²) in [4.78, 5) is 1.32. The minimum absolute atomic E-state index is 0.274. The Labute approximate surface area is 121 Å². The summed E-state index contributed by atoms with van der Waals surface area (Å²) in [6.07, 6.45) is 2.24. The maximum Gasteiger partial charge on any atom is 0.127 e. The lowest BCUT2D eigenvalue weighted by molar-refractivity contribution is 0.161. The molecule has 102 valence electrons.